The van der Waals surface area contributed by atoms with Gasteiger partial charge in [0, 0.05) is 0 Å². The Morgan fingerprint density at radius 3 is 3.50 bits per heavy atom. The van der Waals surface area contributed by atoms with Crippen LogP contribution in [0.2, 0.25) is 0 Å². The van der Waals surface area contributed by atoms with Crippen molar-refractivity contribution in [1.82, 2.24) is 0 Å². The average molecular weight is 108 g/mol. The van der Waals surface area contributed by atoms with Gasteiger partial charge in [-0.2, -0.15) is 4.85 Å². The first kappa shape index (κ1) is 4.98. The molecule has 0 aromatic rings. The molecule has 40 valence electrons. The van der Waals surface area contributed by atoms with Crippen molar-refractivity contribution in [3.05, 3.63) is 4.85 Å². The fourth-order valence-corrected chi connectivity index (χ4v) is 0.376. The van der Waals surface area contributed by atoms with E-state index in [1.807, 2.05) is 6.92 Å². The molecular formula is C5H6N3+. The minimum Gasteiger partial charge on any atom is -0.230 e. The molecule has 1 unspecified atom stereocenters. The van der Waals surface area contributed by atoms with Crippen LogP contribution in [0.3, 0.4) is 0 Å². The number of nitrogens with zero attached hydrogens (tertiary/aromatic N) is 3. The lowest BCUT2D eigenvalue weighted by Gasteiger charge is -1.79. The van der Waals surface area contributed by atoms with Crippen LogP contribution in [0.1, 0.15) is 6.92 Å². The zero-order valence-corrected chi connectivity index (χ0v) is 4.57. The number of hydrogen-bond acceptors (Lipinski definition) is 2. The lowest BCUT2D eigenvalue weighted by molar-refractivity contribution is 0.964. The normalized spacial score (nSPS) is 23.9. The zero-order chi connectivity index (χ0) is 5.82. The zero-order valence-electron chi connectivity index (χ0n) is 4.57. The predicted octanol–water partition coefficient (Wildman–Crippen LogP) is 0.778. The molecule has 0 spiro atoms. The van der Waals surface area contributed by atoms with Crippen LogP contribution in [-0.2, 0) is 0 Å². The molecule has 0 aliphatic carbocycles. The van der Waals surface area contributed by atoms with Crippen molar-refractivity contribution in [3.8, 4) is 6.07 Å². The SMILES string of the molecule is CC1C#[N+]C=NC=N1. The standard InChI is InChI=1S/C5H6N3/c1-5-2-6-3-7-4-8-5/h3-5H,1H3/q+1. The molecule has 1 rings (SSSR count). The fraction of sp³-hybridized carbons (Fsp3) is 0.400. The summed E-state index contributed by atoms with van der Waals surface area (Å²) in [5, 5.41) is 0. The van der Waals surface area contributed by atoms with Gasteiger partial charge in [0.05, 0.1) is 0 Å². The molecule has 1 atom stereocenters. The van der Waals surface area contributed by atoms with E-state index in [0.717, 1.165) is 0 Å². The Bertz CT molecular complexity index is 182. The van der Waals surface area contributed by atoms with E-state index >= 15 is 0 Å². The van der Waals surface area contributed by atoms with Gasteiger partial charge < -0.3 is 0 Å². The van der Waals surface area contributed by atoms with Crippen molar-refractivity contribution in [2.45, 2.75) is 13.0 Å². The van der Waals surface area contributed by atoms with E-state index in [9.17, 15) is 0 Å². The monoisotopic (exact) mass is 108 g/mol. The third-order valence-corrected chi connectivity index (χ3v) is 0.743. The summed E-state index contributed by atoms with van der Waals surface area (Å²) in [4.78, 5) is 11.3. The van der Waals surface area contributed by atoms with E-state index in [4.69, 9.17) is 0 Å². The molecule has 0 amide bonds. The van der Waals surface area contributed by atoms with E-state index in [1.54, 1.807) is 0 Å². The van der Waals surface area contributed by atoms with Crippen molar-refractivity contribution < 1.29 is 0 Å². The Hall–Kier alpha value is -1.17. The van der Waals surface area contributed by atoms with Gasteiger partial charge in [-0.15, -0.1) is 0 Å². The molecule has 0 saturated heterocycles. The Morgan fingerprint density at radius 2 is 2.62 bits per heavy atom. The van der Waals surface area contributed by atoms with Crippen LogP contribution in [0.25, 0.3) is 4.85 Å². The molecule has 0 bridgehead atoms. The maximum absolute atomic E-state index is 3.90. The van der Waals surface area contributed by atoms with Gasteiger partial charge in [-0.1, -0.05) is 0 Å². The summed E-state index contributed by atoms with van der Waals surface area (Å²) in [5.41, 5.74) is 0. The van der Waals surface area contributed by atoms with E-state index < -0.39 is 0 Å². The van der Waals surface area contributed by atoms with Crippen LogP contribution in [0.15, 0.2) is 9.98 Å². The van der Waals surface area contributed by atoms with Crippen LogP contribution >= 0.6 is 0 Å². The second kappa shape index (κ2) is 2.22. The first-order chi connectivity index (χ1) is 3.89. The van der Waals surface area contributed by atoms with Gasteiger partial charge in [0.2, 0.25) is 6.34 Å². The second-order valence-electron chi connectivity index (χ2n) is 1.46. The summed E-state index contributed by atoms with van der Waals surface area (Å²) in [6.07, 6.45) is 2.90. The molecule has 3 nitrogen and oxygen atoms in total. The summed E-state index contributed by atoms with van der Waals surface area (Å²) in [7, 11) is 0. The van der Waals surface area contributed by atoms with Crippen molar-refractivity contribution >= 4 is 12.7 Å². The van der Waals surface area contributed by atoms with E-state index in [2.05, 4.69) is 20.9 Å². The van der Waals surface area contributed by atoms with Crippen molar-refractivity contribution in [2.75, 3.05) is 0 Å². The van der Waals surface area contributed by atoms with Gasteiger partial charge in [-0.25, -0.2) is 4.99 Å². The minimum atomic E-state index is 0.0532. The predicted molar refractivity (Wildman–Crippen MR) is 33.7 cm³/mol. The first-order valence-electron chi connectivity index (χ1n) is 2.38. The van der Waals surface area contributed by atoms with E-state index in [1.165, 1.54) is 12.7 Å². The Morgan fingerprint density at radius 1 is 1.75 bits per heavy atom. The largest absolute Gasteiger partial charge is 0.391 e. The average Bonchev–Trinajstić information content (AvgIpc) is 1.94. The van der Waals surface area contributed by atoms with Gasteiger partial charge in [0.25, 0.3) is 0 Å². The number of rotatable bonds is 0. The molecule has 0 N–H and O–H groups in total. The first-order valence-corrected chi connectivity index (χ1v) is 2.38. The lowest BCUT2D eigenvalue weighted by atomic mass is 10.4. The maximum Gasteiger partial charge on any atom is 0.391 e. The molecule has 8 heavy (non-hydrogen) atoms. The molecule has 0 radical (unpaired) electrons. The summed E-state index contributed by atoms with van der Waals surface area (Å²) >= 11 is 0. The van der Waals surface area contributed by atoms with Gasteiger partial charge in [-0.3, -0.25) is 0 Å². The summed E-state index contributed by atoms with van der Waals surface area (Å²) in [5.74, 6) is 0. The lowest BCUT2D eigenvalue weighted by Crippen LogP contribution is -1.89. The number of aliphatic imine (C=N–C) groups is 2. The van der Waals surface area contributed by atoms with E-state index in [0.29, 0.717) is 0 Å². The second-order valence-corrected chi connectivity index (χ2v) is 1.46. The molecular weight excluding hydrogens is 102 g/mol. The van der Waals surface area contributed by atoms with Crippen molar-refractivity contribution in [1.29, 1.82) is 0 Å². The van der Waals surface area contributed by atoms with Crippen molar-refractivity contribution in [2.24, 2.45) is 9.98 Å². The van der Waals surface area contributed by atoms with Crippen LogP contribution in [0.5, 0.6) is 0 Å². The summed E-state index contributed by atoms with van der Waals surface area (Å²) in [6, 6.07) is 2.78. The third kappa shape index (κ3) is 1.16. The Labute approximate surface area is 47.6 Å². The maximum atomic E-state index is 3.90. The van der Waals surface area contributed by atoms with Crippen LogP contribution in [0, 0.1) is 6.07 Å². The van der Waals surface area contributed by atoms with Crippen LogP contribution < -0.4 is 0 Å². The van der Waals surface area contributed by atoms with Gasteiger partial charge >= 0.3 is 6.34 Å². The highest BCUT2D eigenvalue weighted by molar-refractivity contribution is 5.78. The summed E-state index contributed by atoms with van der Waals surface area (Å²) < 4.78 is 0. The molecule has 0 aromatic heterocycles. The smallest absolute Gasteiger partial charge is 0.230 e. The molecule has 0 saturated carbocycles. The highest BCUT2D eigenvalue weighted by Gasteiger charge is 1.96. The minimum absolute atomic E-state index is 0.0532. The van der Waals surface area contributed by atoms with Gasteiger partial charge in [0.1, 0.15) is 0 Å². The Balaban J connectivity index is 2.73. The highest BCUT2D eigenvalue weighted by atomic mass is 14.9. The molecule has 3 heteroatoms. The summed E-state index contributed by atoms with van der Waals surface area (Å²) in [6.45, 7) is 1.90. The topological polar surface area (TPSA) is 29.1 Å². The number of hydrogen-bond donors (Lipinski definition) is 0. The van der Waals surface area contributed by atoms with Crippen LogP contribution in [0.4, 0.5) is 0 Å². The molecule has 0 aromatic carbocycles. The molecule has 0 fully saturated rings. The van der Waals surface area contributed by atoms with Gasteiger partial charge in [-0.05, 0) is 11.9 Å². The molecule has 1 aliphatic heterocycles. The highest BCUT2D eigenvalue weighted by Crippen LogP contribution is 1.86. The molecule has 1 heterocycles. The third-order valence-electron chi connectivity index (χ3n) is 0.743. The van der Waals surface area contributed by atoms with Crippen LogP contribution in [-0.4, -0.2) is 18.7 Å². The molecule has 1 aliphatic rings. The fourth-order valence-electron chi connectivity index (χ4n) is 0.376. The van der Waals surface area contributed by atoms with E-state index in [-0.39, 0.29) is 6.04 Å². The van der Waals surface area contributed by atoms with Gasteiger partial charge in [0.15, 0.2) is 12.1 Å². The Kier molecular flexibility index (Phi) is 1.38. The quantitative estimate of drug-likeness (QED) is 0.439. The van der Waals surface area contributed by atoms with Crippen molar-refractivity contribution in [3.63, 3.8) is 0 Å².